The van der Waals surface area contributed by atoms with E-state index in [0.29, 0.717) is 31.6 Å². The Labute approximate surface area is 255 Å². The number of rotatable bonds is 13. The summed E-state index contributed by atoms with van der Waals surface area (Å²) in [5.41, 5.74) is -0.386. The summed E-state index contributed by atoms with van der Waals surface area (Å²) in [5, 5.41) is 11.6. The summed E-state index contributed by atoms with van der Waals surface area (Å²) in [6.07, 6.45) is 14.8. The number of ketones is 1. The van der Waals surface area contributed by atoms with Gasteiger partial charge in [0.25, 0.3) is 0 Å². The lowest BCUT2D eigenvalue weighted by molar-refractivity contribution is -0.178. The Morgan fingerprint density at radius 3 is 2.36 bits per heavy atom. The van der Waals surface area contributed by atoms with Crippen LogP contribution in [0.5, 0.6) is 0 Å². The van der Waals surface area contributed by atoms with Crippen molar-refractivity contribution in [2.45, 2.75) is 138 Å². The summed E-state index contributed by atoms with van der Waals surface area (Å²) in [6.45, 7) is 22.8. The highest BCUT2D eigenvalue weighted by Gasteiger charge is 2.69. The van der Waals surface area contributed by atoms with E-state index >= 15 is 0 Å². The van der Waals surface area contributed by atoms with Gasteiger partial charge in [-0.15, -0.1) is 0 Å². The number of esters is 1. The molecule has 0 saturated heterocycles. The second-order valence-corrected chi connectivity index (χ2v) is 14.5. The molecule has 6 atom stereocenters. The number of hydrogen-bond donors (Lipinski definition) is 1. The van der Waals surface area contributed by atoms with Crippen LogP contribution in [0.1, 0.15) is 127 Å². The number of carbonyl (C=O) groups is 2. The maximum Gasteiger partial charge on any atom is 0.306 e. The van der Waals surface area contributed by atoms with Crippen LogP contribution >= 0.6 is 0 Å². The molecule has 3 aliphatic carbocycles. The van der Waals surface area contributed by atoms with Gasteiger partial charge in [0.2, 0.25) is 0 Å². The van der Waals surface area contributed by atoms with Gasteiger partial charge in [0.15, 0.2) is 5.78 Å². The third-order valence-electron chi connectivity index (χ3n) is 11.4. The van der Waals surface area contributed by atoms with Crippen LogP contribution in [-0.2, 0) is 19.1 Å². The van der Waals surface area contributed by atoms with Crippen LogP contribution in [0.15, 0.2) is 47.3 Å². The van der Waals surface area contributed by atoms with Crippen LogP contribution in [0.2, 0.25) is 0 Å². The monoisotopic (exact) mass is 582 g/mol. The molecule has 5 heteroatoms. The molecule has 1 spiro atoms. The number of allylic oxidation sites excluding steroid dienone is 4. The molecule has 2 bridgehead atoms. The molecular weight excluding hydrogens is 524 g/mol. The van der Waals surface area contributed by atoms with Gasteiger partial charge in [-0.3, -0.25) is 9.59 Å². The average molecular weight is 583 g/mol. The van der Waals surface area contributed by atoms with Crippen molar-refractivity contribution >= 4 is 11.8 Å². The van der Waals surface area contributed by atoms with Gasteiger partial charge in [-0.05, 0) is 69.6 Å². The zero-order valence-electron chi connectivity index (χ0n) is 28.0. The van der Waals surface area contributed by atoms with E-state index in [1.807, 2.05) is 33.8 Å². The van der Waals surface area contributed by atoms with Crippen molar-refractivity contribution in [1.82, 2.24) is 0 Å². The minimum Gasteiger partial charge on any atom is -0.490 e. The molecule has 0 aromatic heterocycles. The van der Waals surface area contributed by atoms with Crippen molar-refractivity contribution in [2.75, 3.05) is 6.61 Å². The number of Topliss-reactive ketones (excluding diaryl/α,β-unsaturated/α-hetero) is 1. The Morgan fingerprint density at radius 1 is 1.12 bits per heavy atom. The molecule has 236 valence electrons. The van der Waals surface area contributed by atoms with E-state index < -0.39 is 33.9 Å². The number of hydrogen-bond acceptors (Lipinski definition) is 5. The van der Waals surface area contributed by atoms with Gasteiger partial charge < -0.3 is 14.6 Å². The summed E-state index contributed by atoms with van der Waals surface area (Å²) in [4.78, 5) is 28.2. The number of unbranched alkanes of at least 4 members (excludes halogenated alkanes) is 6. The molecule has 1 N–H and O–H groups in total. The molecule has 1 fully saturated rings. The van der Waals surface area contributed by atoms with Crippen LogP contribution in [0.25, 0.3) is 0 Å². The van der Waals surface area contributed by atoms with Gasteiger partial charge in [0, 0.05) is 23.2 Å². The number of fused-ring (bicyclic) bond motifs is 1. The Hall–Kier alpha value is -2.14. The molecular formula is C37H58O5. The maximum absolute atomic E-state index is 14.9. The smallest absolute Gasteiger partial charge is 0.306 e. The molecule has 0 aromatic rings. The van der Waals surface area contributed by atoms with E-state index in [-0.39, 0.29) is 17.7 Å². The zero-order valence-corrected chi connectivity index (χ0v) is 28.0. The van der Waals surface area contributed by atoms with E-state index in [0.717, 1.165) is 36.0 Å². The predicted octanol–water partition coefficient (Wildman–Crippen LogP) is 8.82. The second-order valence-electron chi connectivity index (χ2n) is 14.5. The Bertz CT molecular complexity index is 1120. The van der Waals surface area contributed by atoms with E-state index in [2.05, 4.69) is 53.3 Å². The Morgan fingerprint density at radius 2 is 1.74 bits per heavy atom. The van der Waals surface area contributed by atoms with Crippen LogP contribution in [0.3, 0.4) is 0 Å². The normalized spacial score (nSPS) is 34.1. The van der Waals surface area contributed by atoms with Crippen molar-refractivity contribution in [1.29, 1.82) is 0 Å². The third-order valence-corrected chi connectivity index (χ3v) is 11.4. The summed E-state index contributed by atoms with van der Waals surface area (Å²) in [6, 6.07) is 0. The topological polar surface area (TPSA) is 72.8 Å². The first-order valence-corrected chi connectivity index (χ1v) is 16.4. The van der Waals surface area contributed by atoms with E-state index in [1.165, 1.54) is 25.7 Å². The number of aliphatic hydroxyl groups excluding tert-OH is 1. The lowest BCUT2D eigenvalue weighted by Crippen LogP contribution is -2.52. The molecule has 0 heterocycles. The minimum atomic E-state index is -0.879. The molecule has 0 amide bonds. The quantitative estimate of drug-likeness (QED) is 0.0772. The molecule has 3 rings (SSSR count). The number of aliphatic hydroxyl groups is 1. The molecule has 5 nitrogen and oxygen atoms in total. The van der Waals surface area contributed by atoms with Crippen LogP contribution in [-0.4, -0.2) is 35.2 Å². The average Bonchev–Trinajstić information content (AvgIpc) is 3.04. The van der Waals surface area contributed by atoms with Gasteiger partial charge in [-0.1, -0.05) is 98.0 Å². The highest BCUT2D eigenvalue weighted by molar-refractivity contribution is 5.94. The van der Waals surface area contributed by atoms with Gasteiger partial charge in [0.1, 0.15) is 18.0 Å². The number of ether oxygens (including phenoxy) is 2. The third kappa shape index (κ3) is 6.10. The van der Waals surface area contributed by atoms with Crippen molar-refractivity contribution in [3.63, 3.8) is 0 Å². The number of carbonyl (C=O) groups excluding carboxylic acids is 2. The van der Waals surface area contributed by atoms with Crippen molar-refractivity contribution in [3.05, 3.63) is 47.3 Å². The lowest BCUT2D eigenvalue weighted by Gasteiger charge is -2.48. The summed E-state index contributed by atoms with van der Waals surface area (Å²) < 4.78 is 12.6. The second kappa shape index (κ2) is 13.2. The molecule has 0 aromatic carbocycles. The molecule has 0 aliphatic heterocycles. The van der Waals surface area contributed by atoms with Crippen LogP contribution in [0, 0.1) is 28.1 Å². The first kappa shape index (κ1) is 34.4. The van der Waals surface area contributed by atoms with Crippen LogP contribution in [0.4, 0.5) is 0 Å². The fraction of sp³-hybridized carbons (Fsp3) is 0.730. The molecule has 0 radical (unpaired) electrons. The fourth-order valence-electron chi connectivity index (χ4n) is 8.10. The standard InChI is InChI=1S/C37H58O5/c1-11-13-14-15-16-17-18-19-31(38)42-36(10)22-27(5)37-21-26(4)32(39)35(37,9)23-29(24-41-28(6)25(3)12-2)20-30(33(37)40)34(36,7)8/h12,20-21,27,30,32,39H,6,11,13-19,22-24H2,1-5,7-10H3/b25-12+/t27-,30?,32?,35?,36-,37?/m1/s1. The summed E-state index contributed by atoms with van der Waals surface area (Å²) in [5.74, 6) is -0.116. The molecule has 1 saturated carbocycles. The Kier molecular flexibility index (Phi) is 10.8. The summed E-state index contributed by atoms with van der Waals surface area (Å²) in [7, 11) is 0. The van der Waals surface area contributed by atoms with E-state index in [9.17, 15) is 14.7 Å². The van der Waals surface area contributed by atoms with Crippen molar-refractivity contribution < 1.29 is 24.2 Å². The fourth-order valence-corrected chi connectivity index (χ4v) is 8.10. The zero-order chi connectivity index (χ0) is 31.5. The first-order chi connectivity index (χ1) is 19.6. The minimum absolute atomic E-state index is 0.115. The summed E-state index contributed by atoms with van der Waals surface area (Å²) >= 11 is 0. The lowest BCUT2D eigenvalue weighted by atomic mass is 9.55. The van der Waals surface area contributed by atoms with Crippen molar-refractivity contribution in [2.24, 2.45) is 28.1 Å². The SMILES string of the molecule is C=C(OCC1=CC2C(=O)C3(C=C(C)C(O)C3(C)C1)[C@H](C)C[C@@](C)(OC(=O)CCCCCCCCC)C2(C)C)/C(C)=C/C. The first-order valence-electron chi connectivity index (χ1n) is 16.4. The molecule has 3 aliphatic rings. The van der Waals surface area contributed by atoms with Crippen LogP contribution < -0.4 is 0 Å². The molecule has 42 heavy (non-hydrogen) atoms. The van der Waals surface area contributed by atoms with Gasteiger partial charge >= 0.3 is 5.97 Å². The van der Waals surface area contributed by atoms with Gasteiger partial charge in [-0.25, -0.2) is 0 Å². The molecule has 4 unspecified atom stereocenters. The largest absolute Gasteiger partial charge is 0.490 e. The predicted molar refractivity (Wildman–Crippen MR) is 171 cm³/mol. The highest BCUT2D eigenvalue weighted by atomic mass is 16.6. The van der Waals surface area contributed by atoms with Gasteiger partial charge in [-0.2, -0.15) is 0 Å². The van der Waals surface area contributed by atoms with Crippen molar-refractivity contribution in [3.8, 4) is 0 Å². The highest BCUT2D eigenvalue weighted by Crippen LogP contribution is 2.66. The maximum atomic E-state index is 14.9. The van der Waals surface area contributed by atoms with E-state index in [4.69, 9.17) is 9.47 Å². The van der Waals surface area contributed by atoms with Gasteiger partial charge in [0.05, 0.1) is 11.5 Å². The van der Waals surface area contributed by atoms with E-state index in [1.54, 1.807) is 0 Å². The Balaban J connectivity index is 1.96.